The average molecular weight is 429 g/mol. The highest BCUT2D eigenvalue weighted by Gasteiger charge is 2.41. The zero-order valence-electron chi connectivity index (χ0n) is 16.2. The highest BCUT2D eigenvalue weighted by molar-refractivity contribution is 7.80. The molecule has 7 heteroatoms. The molecule has 2 fully saturated rings. The van der Waals surface area contributed by atoms with E-state index in [0.29, 0.717) is 27.3 Å². The van der Waals surface area contributed by atoms with Gasteiger partial charge in [-0.25, -0.2) is 0 Å². The summed E-state index contributed by atoms with van der Waals surface area (Å²) in [6.07, 6.45) is 3.82. The number of hydrogen-bond acceptors (Lipinski definition) is 4. The number of hydrogen-bond donors (Lipinski definition) is 1. The lowest BCUT2D eigenvalue weighted by Gasteiger charge is -2.13. The zero-order chi connectivity index (χ0) is 20.5. The summed E-state index contributed by atoms with van der Waals surface area (Å²) in [6.45, 7) is 2.26. The van der Waals surface area contributed by atoms with Crippen molar-refractivity contribution >= 4 is 40.9 Å². The molecule has 2 aromatic rings. The van der Waals surface area contributed by atoms with Gasteiger partial charge in [-0.05, 0) is 73.5 Å². The largest absolute Gasteiger partial charge is 0.496 e. The van der Waals surface area contributed by atoms with Gasteiger partial charge in [0.25, 0.3) is 5.91 Å². The summed E-state index contributed by atoms with van der Waals surface area (Å²) >= 11 is 11.6. The minimum atomic E-state index is -0.0717. The second kappa shape index (κ2) is 8.05. The van der Waals surface area contributed by atoms with Crippen LogP contribution >= 0.6 is 23.8 Å². The van der Waals surface area contributed by atoms with Crippen molar-refractivity contribution < 1.29 is 14.3 Å². The van der Waals surface area contributed by atoms with Crippen molar-refractivity contribution in [2.45, 2.75) is 32.4 Å². The molecule has 0 atom stereocenters. The Kier molecular flexibility index (Phi) is 5.48. The lowest BCUT2D eigenvalue weighted by molar-refractivity contribution is -0.122. The third-order valence-electron chi connectivity index (χ3n) is 4.91. The number of carbonyl (C=O) groups excluding carboxylic acids is 1. The Morgan fingerprint density at radius 2 is 2.00 bits per heavy atom. The van der Waals surface area contributed by atoms with Gasteiger partial charge >= 0.3 is 0 Å². The van der Waals surface area contributed by atoms with Crippen LogP contribution in [0.5, 0.6) is 11.5 Å². The molecule has 2 aliphatic rings. The van der Waals surface area contributed by atoms with Gasteiger partial charge in [-0.2, -0.15) is 0 Å². The van der Waals surface area contributed by atoms with E-state index in [0.717, 1.165) is 29.5 Å². The van der Waals surface area contributed by atoms with Crippen LogP contribution < -0.4 is 14.8 Å². The van der Waals surface area contributed by atoms with Gasteiger partial charge in [-0.15, -0.1) is 0 Å². The van der Waals surface area contributed by atoms with Crippen molar-refractivity contribution in [1.82, 2.24) is 10.2 Å². The van der Waals surface area contributed by atoms with E-state index in [2.05, 4.69) is 5.32 Å². The Bertz CT molecular complexity index is 1020. The summed E-state index contributed by atoms with van der Waals surface area (Å²) in [5, 5.41) is 4.08. The Morgan fingerprint density at radius 3 is 2.69 bits per heavy atom. The first kappa shape index (κ1) is 19.7. The monoisotopic (exact) mass is 428 g/mol. The molecular weight excluding hydrogens is 408 g/mol. The van der Waals surface area contributed by atoms with Crippen LogP contribution in [0.3, 0.4) is 0 Å². The molecule has 29 heavy (non-hydrogen) atoms. The lowest BCUT2D eigenvalue weighted by Crippen LogP contribution is -2.32. The topological polar surface area (TPSA) is 50.8 Å². The first-order valence-corrected chi connectivity index (χ1v) is 10.2. The van der Waals surface area contributed by atoms with Gasteiger partial charge in [0.15, 0.2) is 5.11 Å². The fraction of sp³-hybridized carbons (Fsp3) is 0.273. The first-order valence-electron chi connectivity index (χ1n) is 9.38. The summed E-state index contributed by atoms with van der Waals surface area (Å²) in [4.78, 5) is 14.3. The molecule has 1 heterocycles. The smallest absolute Gasteiger partial charge is 0.276 e. The highest BCUT2D eigenvalue weighted by atomic mass is 35.5. The number of carbonyl (C=O) groups is 1. The normalized spacial score (nSPS) is 17.6. The van der Waals surface area contributed by atoms with Gasteiger partial charge in [0.05, 0.1) is 12.1 Å². The number of nitrogens with one attached hydrogen (secondary N) is 1. The molecule has 0 radical (unpaired) electrons. The Labute approximate surface area is 180 Å². The van der Waals surface area contributed by atoms with E-state index in [-0.39, 0.29) is 18.6 Å². The fourth-order valence-electron chi connectivity index (χ4n) is 3.26. The molecule has 2 aromatic carbocycles. The summed E-state index contributed by atoms with van der Waals surface area (Å²) in [5.74, 6) is 1.25. The second-order valence-electron chi connectivity index (χ2n) is 7.19. The molecule has 1 saturated heterocycles. The number of amides is 1. The molecule has 4 rings (SSSR count). The lowest BCUT2D eigenvalue weighted by atomic mass is 10.1. The number of benzene rings is 2. The number of ether oxygens (including phenoxy) is 2. The average Bonchev–Trinajstić information content (AvgIpc) is 3.47. The van der Waals surface area contributed by atoms with Gasteiger partial charge in [-0.1, -0.05) is 23.7 Å². The van der Waals surface area contributed by atoms with Gasteiger partial charge in [0, 0.05) is 11.6 Å². The van der Waals surface area contributed by atoms with Crippen molar-refractivity contribution in [3.8, 4) is 11.5 Å². The number of rotatable bonds is 6. The maximum absolute atomic E-state index is 12.6. The molecule has 0 unspecified atom stereocenters. The van der Waals surface area contributed by atoms with Crippen molar-refractivity contribution in [2.24, 2.45) is 0 Å². The van der Waals surface area contributed by atoms with Gasteiger partial charge < -0.3 is 14.8 Å². The van der Waals surface area contributed by atoms with Crippen LogP contribution in [-0.2, 0) is 11.4 Å². The van der Waals surface area contributed by atoms with Crippen LogP contribution in [-0.4, -0.2) is 29.1 Å². The Morgan fingerprint density at radius 1 is 1.24 bits per heavy atom. The molecule has 0 aromatic heterocycles. The van der Waals surface area contributed by atoms with Gasteiger partial charge in [0.2, 0.25) is 0 Å². The summed E-state index contributed by atoms with van der Waals surface area (Å²) in [5.41, 5.74) is 3.27. The third-order valence-corrected chi connectivity index (χ3v) is 5.50. The van der Waals surface area contributed by atoms with Crippen LogP contribution in [0.1, 0.15) is 29.5 Å². The number of thiocarbonyl (C=S) groups is 1. The summed E-state index contributed by atoms with van der Waals surface area (Å²) in [6, 6.07) is 11.6. The Balaban J connectivity index is 1.55. The molecule has 0 spiro atoms. The SMILES string of the molecule is COc1ccc(/C=C2/NC(=S)N(C3CC3)C2=O)cc1COc1ccc(C)cc1Cl. The van der Waals surface area contributed by atoms with E-state index in [1.54, 1.807) is 18.1 Å². The van der Waals surface area contributed by atoms with E-state index in [1.807, 2.05) is 43.3 Å². The quantitative estimate of drug-likeness (QED) is 0.544. The van der Waals surface area contributed by atoms with Crippen molar-refractivity contribution in [1.29, 1.82) is 0 Å². The maximum atomic E-state index is 12.6. The number of methoxy groups -OCH3 is 1. The minimum absolute atomic E-state index is 0.0717. The standard InChI is InChI=1S/C22H21ClN2O3S/c1-13-3-7-20(17(23)9-13)28-12-15-10-14(4-8-19(15)27-2)11-18-21(26)25(16-5-6-16)22(29)24-18/h3-4,7-11,16H,5-6,12H2,1-2H3,(H,24,29)/b18-11+. The Hall–Kier alpha value is -2.57. The molecule has 1 aliphatic heterocycles. The maximum Gasteiger partial charge on any atom is 0.276 e. The molecule has 1 amide bonds. The van der Waals surface area contributed by atoms with Crippen LogP contribution in [0, 0.1) is 6.92 Å². The van der Waals surface area contributed by atoms with Crippen LogP contribution in [0.15, 0.2) is 42.1 Å². The molecular formula is C22H21ClN2O3S. The molecule has 150 valence electrons. The second-order valence-corrected chi connectivity index (χ2v) is 7.98. The summed E-state index contributed by atoms with van der Waals surface area (Å²) < 4.78 is 11.4. The van der Waals surface area contributed by atoms with Crippen molar-refractivity contribution in [3.63, 3.8) is 0 Å². The zero-order valence-corrected chi connectivity index (χ0v) is 17.8. The molecule has 5 nitrogen and oxygen atoms in total. The number of halogens is 1. The van der Waals surface area contributed by atoms with E-state index in [9.17, 15) is 4.79 Å². The van der Waals surface area contributed by atoms with E-state index < -0.39 is 0 Å². The van der Waals surface area contributed by atoms with E-state index in [4.69, 9.17) is 33.3 Å². The van der Waals surface area contributed by atoms with E-state index >= 15 is 0 Å². The minimum Gasteiger partial charge on any atom is -0.496 e. The third kappa shape index (κ3) is 4.23. The van der Waals surface area contributed by atoms with Crippen molar-refractivity contribution in [2.75, 3.05) is 7.11 Å². The number of nitrogens with zero attached hydrogens (tertiary/aromatic N) is 1. The molecule has 1 saturated carbocycles. The van der Waals surface area contributed by atoms with Gasteiger partial charge in [-0.3, -0.25) is 9.69 Å². The van der Waals surface area contributed by atoms with Crippen molar-refractivity contribution in [3.05, 3.63) is 63.8 Å². The fourth-order valence-corrected chi connectivity index (χ4v) is 3.89. The predicted molar refractivity (Wildman–Crippen MR) is 117 cm³/mol. The van der Waals surface area contributed by atoms with Crippen LogP contribution in [0.2, 0.25) is 5.02 Å². The predicted octanol–water partition coefficient (Wildman–Crippen LogP) is 4.46. The first-order chi connectivity index (χ1) is 14.0. The summed E-state index contributed by atoms with van der Waals surface area (Å²) in [7, 11) is 1.61. The van der Waals surface area contributed by atoms with Crippen LogP contribution in [0.25, 0.3) is 6.08 Å². The number of aryl methyl sites for hydroxylation is 1. The van der Waals surface area contributed by atoms with Gasteiger partial charge in [0.1, 0.15) is 23.8 Å². The highest BCUT2D eigenvalue weighted by Crippen LogP contribution is 2.32. The molecule has 1 N–H and O–H groups in total. The molecule has 1 aliphatic carbocycles. The van der Waals surface area contributed by atoms with Crippen LogP contribution in [0.4, 0.5) is 0 Å². The molecule has 0 bridgehead atoms. The van der Waals surface area contributed by atoms with E-state index in [1.165, 1.54) is 0 Å².